The molecule has 2 rings (SSSR count). The second-order valence-electron chi connectivity index (χ2n) is 28.7. The fourth-order valence-corrected chi connectivity index (χ4v) is 11.8. The molecule has 0 bridgehead atoms. The SMILES string of the molecule is CNC(=O)CNC(=O)[C@H](CC(C)C)NC(=O)[C@@H]1CCCN1C(=O)COCCNC(=O)[C@H](Cc1ccc(C(C)=O)cc1)NC(=O)[C@@H](CCC(=O)O)NC(=O)[C@@H](CCC(=O)O)NC(=O)[C@@H](CCC(=O)O)NC(=O)[C@@H](CCC(=O)O)NC(=O)[C@@H](CCC(=O)O)NC(=O)[C@@H](CCC(=O)O)NC(=O)[C@@H](CCC(=O)O)NC(=O)[C@@H](CCC(=O)O)NC(=O)[C@H](N)CCC(=O)O. The first-order chi connectivity index (χ1) is 57.7. The van der Waals surface area contributed by atoms with E-state index in [4.69, 9.17) is 15.6 Å². The maximum absolute atomic E-state index is 14.4. The highest BCUT2D eigenvalue weighted by molar-refractivity contribution is 6.01. The number of hydrogen-bond acceptors (Lipinski definition) is 26. The third-order valence-electron chi connectivity index (χ3n) is 18.4. The Morgan fingerprint density at radius 1 is 0.398 bits per heavy atom. The van der Waals surface area contributed by atoms with Crippen molar-refractivity contribution >= 4 is 142 Å². The summed E-state index contributed by atoms with van der Waals surface area (Å²) in [5, 5.41) is 115. The van der Waals surface area contributed by atoms with E-state index < -0.39 is 331 Å². The fraction of sp³-hybridized carbons (Fsp3) is 0.595. The molecule has 0 aliphatic carbocycles. The summed E-state index contributed by atoms with van der Waals surface area (Å²) in [6, 6.07) is -16.5. The van der Waals surface area contributed by atoms with Gasteiger partial charge in [0.2, 0.25) is 82.7 Å². The van der Waals surface area contributed by atoms with E-state index in [2.05, 4.69) is 63.8 Å². The van der Waals surface area contributed by atoms with E-state index in [1.165, 1.54) is 43.1 Å². The summed E-state index contributed by atoms with van der Waals surface area (Å²) in [6.45, 7) is 3.29. The number of likely N-dealkylation sites (N-methyl/N-ethyl adjacent to an activating group) is 1. The minimum Gasteiger partial charge on any atom is -0.481 e. The molecule has 0 spiro atoms. The van der Waals surface area contributed by atoms with Crippen LogP contribution >= 0.6 is 0 Å². The normalized spacial score (nSPS) is 14.8. The van der Waals surface area contributed by atoms with Gasteiger partial charge in [-0.2, -0.15) is 0 Å². The van der Waals surface area contributed by atoms with Crippen LogP contribution in [0, 0.1) is 5.92 Å². The molecule has 1 aromatic rings. The van der Waals surface area contributed by atoms with E-state index in [-0.39, 0.29) is 62.8 Å². The number of likely N-dealkylation sites (tertiary alicyclic amines) is 1. The molecular weight excluding hydrogens is 1640 g/mol. The number of rotatable bonds is 61. The number of Topliss-reactive ketones (excluding diaryl/α,β-unsaturated/α-hetero) is 1. The van der Waals surface area contributed by atoms with Gasteiger partial charge in [-0.15, -0.1) is 0 Å². The zero-order valence-corrected chi connectivity index (χ0v) is 67.7. The number of carboxylic acid groups (broad SMARTS) is 9. The van der Waals surface area contributed by atoms with Gasteiger partial charge < -0.3 is 130 Å². The molecule has 0 unspecified atom stereocenters. The molecule has 49 nitrogen and oxygen atoms in total. The van der Waals surface area contributed by atoms with Gasteiger partial charge in [0.15, 0.2) is 5.78 Å². The number of benzene rings is 1. The minimum absolute atomic E-state index is 0.0840. The van der Waals surface area contributed by atoms with Gasteiger partial charge in [0.1, 0.15) is 73.1 Å². The number of ketones is 1. The van der Waals surface area contributed by atoms with E-state index in [0.717, 1.165) is 0 Å². The van der Waals surface area contributed by atoms with Crippen LogP contribution in [0.15, 0.2) is 24.3 Å². The van der Waals surface area contributed by atoms with E-state index in [1.807, 2.05) is 5.32 Å². The van der Waals surface area contributed by atoms with E-state index >= 15 is 0 Å². The monoisotopic (exact) mass is 1750 g/mol. The number of nitrogens with one attached hydrogen (secondary N) is 13. The molecule has 24 N–H and O–H groups in total. The first-order valence-electron chi connectivity index (χ1n) is 38.7. The first kappa shape index (κ1) is 106. The van der Waals surface area contributed by atoms with Gasteiger partial charge in [-0.1, -0.05) is 38.1 Å². The van der Waals surface area contributed by atoms with Crippen molar-refractivity contribution in [2.75, 3.05) is 39.9 Å². The third-order valence-corrected chi connectivity index (χ3v) is 18.4. The summed E-state index contributed by atoms with van der Waals surface area (Å²) in [7, 11) is 1.37. The average molecular weight is 1750 g/mol. The fourth-order valence-electron chi connectivity index (χ4n) is 11.8. The van der Waals surface area contributed by atoms with Crippen LogP contribution < -0.4 is 74.9 Å². The van der Waals surface area contributed by atoms with Gasteiger partial charge in [0, 0.05) is 89.9 Å². The molecule has 1 saturated heterocycles. The number of nitrogens with two attached hydrogens (primary N) is 1. The molecule has 1 aromatic carbocycles. The lowest BCUT2D eigenvalue weighted by molar-refractivity contribution is -0.142. The number of carboxylic acids is 9. The molecule has 123 heavy (non-hydrogen) atoms. The van der Waals surface area contributed by atoms with Crippen molar-refractivity contribution in [2.24, 2.45) is 11.7 Å². The maximum Gasteiger partial charge on any atom is 0.303 e. The predicted octanol–water partition coefficient (Wildman–Crippen LogP) is -6.58. The van der Waals surface area contributed by atoms with E-state index in [0.29, 0.717) is 12.0 Å². The molecule has 12 atom stereocenters. The van der Waals surface area contributed by atoms with E-state index in [1.54, 1.807) is 13.8 Å². The van der Waals surface area contributed by atoms with Crippen LogP contribution in [0.5, 0.6) is 0 Å². The van der Waals surface area contributed by atoms with E-state index in [9.17, 15) is 156 Å². The van der Waals surface area contributed by atoms with Gasteiger partial charge in [-0.05, 0) is 95.5 Å². The second-order valence-corrected chi connectivity index (χ2v) is 28.7. The van der Waals surface area contributed by atoms with Crippen molar-refractivity contribution in [3.63, 3.8) is 0 Å². The van der Waals surface area contributed by atoms with Crippen LogP contribution in [0.2, 0.25) is 0 Å². The Morgan fingerprint density at radius 2 is 0.699 bits per heavy atom. The summed E-state index contributed by atoms with van der Waals surface area (Å²) in [4.78, 5) is 312. The van der Waals surface area contributed by atoms with Crippen molar-refractivity contribution in [3.8, 4) is 0 Å². The number of carbonyl (C=O) groups is 24. The lowest BCUT2D eigenvalue weighted by Gasteiger charge is -2.28. The highest BCUT2D eigenvalue weighted by Crippen LogP contribution is 2.20. The number of amides is 14. The Labute approximate surface area is 701 Å². The average Bonchev–Trinajstić information content (AvgIpc) is 1.79. The predicted molar refractivity (Wildman–Crippen MR) is 414 cm³/mol. The third kappa shape index (κ3) is 42.4. The lowest BCUT2D eigenvalue weighted by Crippen LogP contribution is -2.60. The summed E-state index contributed by atoms with van der Waals surface area (Å²) in [6.07, 6.45) is -15.6. The zero-order chi connectivity index (χ0) is 92.9. The Morgan fingerprint density at radius 3 is 1.00 bits per heavy atom. The molecule has 0 saturated carbocycles. The van der Waals surface area contributed by atoms with Crippen LogP contribution in [0.25, 0.3) is 0 Å². The quantitative estimate of drug-likeness (QED) is 0.0213. The van der Waals surface area contributed by atoms with Gasteiger partial charge in [-0.25, -0.2) is 0 Å². The topological polar surface area (TPSA) is 787 Å². The molecule has 1 fully saturated rings. The minimum atomic E-state index is -2.21. The van der Waals surface area contributed by atoms with Crippen molar-refractivity contribution in [1.82, 2.24) is 74.0 Å². The van der Waals surface area contributed by atoms with Crippen LogP contribution in [0.3, 0.4) is 0 Å². The number of nitrogens with zero attached hydrogens (tertiary/aromatic N) is 1. The molecule has 49 heteroatoms. The van der Waals surface area contributed by atoms with Gasteiger partial charge in [0.25, 0.3) is 0 Å². The maximum atomic E-state index is 14.4. The Hall–Kier alpha value is -13.4. The summed E-state index contributed by atoms with van der Waals surface area (Å²) in [5.74, 6) is -31.1. The van der Waals surface area contributed by atoms with Gasteiger partial charge >= 0.3 is 53.7 Å². The number of carbonyl (C=O) groups excluding carboxylic acids is 15. The summed E-state index contributed by atoms with van der Waals surface area (Å²) in [5.41, 5.74) is 6.27. The van der Waals surface area contributed by atoms with Crippen molar-refractivity contribution in [2.45, 2.75) is 235 Å². The van der Waals surface area contributed by atoms with Crippen LogP contribution in [0.4, 0.5) is 0 Å². The zero-order valence-electron chi connectivity index (χ0n) is 67.7. The Bertz CT molecular complexity index is 3990. The van der Waals surface area contributed by atoms with Crippen LogP contribution in [-0.2, 0) is 121 Å². The molecule has 0 aromatic heterocycles. The highest BCUT2D eigenvalue weighted by atomic mass is 16.5. The standard InChI is InChI=1S/C74H107N15O34/c1-36(2)32-49(65(113)78-34-52(91)76-4)88-74(122)51-6-5-30-89(51)53(92)35-123-31-29-77-64(112)50(33-38-7-9-39(10-8-38)37(3)90)87-73(121)48(19-28-62(109)110)86-72(120)47(18-27-61(107)108)85-71(119)46(17-26-60(105)106)84-70(118)45(16-25-59(103)104)83-69(117)44(15-24-58(101)102)82-68(116)43(14-23-57(99)100)81-67(115)42(13-22-56(97)98)80-66(114)41(12-21-55(95)96)79-63(111)40(75)11-20-54(93)94/h7-10,36,40-51H,5-6,11-35,75H2,1-4H3,(H,76,91)(H,77,112)(H,78,113)(H,79,111)(H,80,114)(H,81,115)(H,82,116)(H,83,117)(H,84,118)(H,85,119)(H,86,120)(H,87,121)(H,88,122)(H,93,94)(H,95,96)(H,97,98)(H,99,100)(H,101,102)(H,103,104)(H,105,106)(H,107,108)(H,109,110)/t40-,41-,42-,43-,44-,45-,46-,47-,48-,49+,50+,51+/m1/s1. The van der Waals surface area contributed by atoms with Crippen LogP contribution in [0.1, 0.15) is 172 Å². The number of aliphatic carboxylic acids is 9. The summed E-state index contributed by atoms with van der Waals surface area (Å²) < 4.78 is 5.56. The lowest BCUT2D eigenvalue weighted by atomic mass is 10.0. The molecule has 0 radical (unpaired) electrons. The number of ether oxygens (including phenoxy) is 1. The highest BCUT2D eigenvalue weighted by Gasteiger charge is 2.40. The van der Waals surface area contributed by atoms with Gasteiger partial charge in [0.05, 0.1) is 19.2 Å². The summed E-state index contributed by atoms with van der Waals surface area (Å²) >= 11 is 0. The molecule has 1 aliphatic heterocycles. The number of hydrogen-bond donors (Lipinski definition) is 23. The molecule has 682 valence electrons. The van der Waals surface area contributed by atoms with Crippen LogP contribution in [-0.4, -0.2) is 305 Å². The van der Waals surface area contributed by atoms with Crippen molar-refractivity contribution in [1.29, 1.82) is 0 Å². The first-order valence-corrected chi connectivity index (χ1v) is 38.7. The van der Waals surface area contributed by atoms with Gasteiger partial charge in [-0.3, -0.25) is 115 Å². The molecule has 1 aliphatic rings. The molecule has 14 amide bonds. The largest absolute Gasteiger partial charge is 0.481 e. The molecule has 1 heterocycles. The Kier molecular flexibility index (Phi) is 47.0. The van der Waals surface area contributed by atoms with Crippen molar-refractivity contribution in [3.05, 3.63) is 35.4 Å². The Balaban J connectivity index is 2.56. The molecular formula is C74H107N15O34. The smallest absolute Gasteiger partial charge is 0.303 e. The second kappa shape index (κ2) is 54.7. The van der Waals surface area contributed by atoms with Crippen molar-refractivity contribution < 1.29 is 166 Å².